The minimum atomic E-state index is -0.250. The van der Waals surface area contributed by atoms with Gasteiger partial charge in [-0.1, -0.05) is 15.9 Å². The first-order chi connectivity index (χ1) is 7.10. The molecule has 0 unspecified atom stereocenters. The van der Waals surface area contributed by atoms with Gasteiger partial charge in [0.1, 0.15) is 0 Å². The van der Waals surface area contributed by atoms with E-state index in [-0.39, 0.29) is 12.5 Å². The second-order valence-electron chi connectivity index (χ2n) is 2.95. The van der Waals surface area contributed by atoms with Gasteiger partial charge in [-0.15, -0.1) is 0 Å². The van der Waals surface area contributed by atoms with Crippen molar-refractivity contribution in [2.24, 2.45) is 0 Å². The molecule has 5 heteroatoms. The van der Waals surface area contributed by atoms with Crippen LogP contribution in [0, 0.1) is 0 Å². The van der Waals surface area contributed by atoms with E-state index in [0.717, 1.165) is 9.54 Å². The van der Waals surface area contributed by atoms with Gasteiger partial charge in [0.2, 0.25) is 0 Å². The van der Waals surface area contributed by atoms with Gasteiger partial charge in [0.25, 0.3) is 5.91 Å². The van der Waals surface area contributed by atoms with Crippen LogP contribution in [-0.2, 0) is 11.4 Å². The van der Waals surface area contributed by atoms with Crippen LogP contribution in [0.5, 0.6) is 0 Å². The van der Waals surface area contributed by atoms with E-state index in [1.165, 1.54) is 14.2 Å². The number of aliphatic hydroxyl groups excluding tert-OH is 1. The van der Waals surface area contributed by atoms with Crippen LogP contribution in [0.4, 0.5) is 0 Å². The summed E-state index contributed by atoms with van der Waals surface area (Å²) >= 11 is 3.28. The largest absolute Gasteiger partial charge is 0.392 e. The van der Waals surface area contributed by atoms with Crippen molar-refractivity contribution in [1.29, 1.82) is 0 Å². The molecule has 0 saturated carbocycles. The van der Waals surface area contributed by atoms with Crippen molar-refractivity contribution in [2.75, 3.05) is 14.2 Å². The first kappa shape index (κ1) is 12.2. The van der Waals surface area contributed by atoms with E-state index < -0.39 is 0 Å². The molecule has 15 heavy (non-hydrogen) atoms. The number of carbonyl (C=O) groups is 1. The molecule has 0 aliphatic heterocycles. The van der Waals surface area contributed by atoms with Crippen LogP contribution in [0.25, 0.3) is 0 Å². The number of hydrogen-bond donors (Lipinski definition) is 1. The van der Waals surface area contributed by atoms with Crippen molar-refractivity contribution >= 4 is 21.8 Å². The highest BCUT2D eigenvalue weighted by Gasteiger charge is 2.12. The first-order valence-corrected chi connectivity index (χ1v) is 5.11. The van der Waals surface area contributed by atoms with Crippen molar-refractivity contribution in [1.82, 2.24) is 5.06 Å². The minimum Gasteiger partial charge on any atom is -0.392 e. The Hall–Kier alpha value is -0.910. The molecule has 0 heterocycles. The third-order valence-electron chi connectivity index (χ3n) is 2.02. The topological polar surface area (TPSA) is 49.8 Å². The standard InChI is InChI=1S/C10H12BrNO3/c1-12(15-2)10(14)7-3-4-9(11)8(5-7)6-13/h3-5,13H,6H2,1-2H3. The molecule has 1 rings (SSSR count). The van der Waals surface area contributed by atoms with E-state index in [1.807, 2.05) is 0 Å². The smallest absolute Gasteiger partial charge is 0.277 e. The molecule has 0 atom stereocenters. The molecule has 0 radical (unpaired) electrons. The Morgan fingerprint density at radius 1 is 1.60 bits per heavy atom. The highest BCUT2D eigenvalue weighted by Crippen LogP contribution is 2.19. The van der Waals surface area contributed by atoms with Gasteiger partial charge in [-0.25, -0.2) is 5.06 Å². The molecule has 1 N–H and O–H groups in total. The number of nitrogens with zero attached hydrogens (tertiary/aromatic N) is 1. The molecule has 1 aromatic carbocycles. The number of amides is 1. The maximum Gasteiger partial charge on any atom is 0.277 e. The van der Waals surface area contributed by atoms with E-state index in [1.54, 1.807) is 18.2 Å². The highest BCUT2D eigenvalue weighted by atomic mass is 79.9. The SMILES string of the molecule is CON(C)C(=O)c1ccc(Br)c(CO)c1. The van der Waals surface area contributed by atoms with Gasteiger partial charge >= 0.3 is 0 Å². The van der Waals surface area contributed by atoms with Gasteiger partial charge < -0.3 is 5.11 Å². The summed E-state index contributed by atoms with van der Waals surface area (Å²) in [6.45, 7) is -0.113. The van der Waals surface area contributed by atoms with E-state index in [9.17, 15) is 4.79 Å². The average Bonchev–Trinajstić information content (AvgIpc) is 2.27. The molecule has 1 aromatic rings. The van der Waals surface area contributed by atoms with Crippen LogP contribution >= 0.6 is 15.9 Å². The fraction of sp³-hybridized carbons (Fsp3) is 0.300. The lowest BCUT2D eigenvalue weighted by molar-refractivity contribution is -0.0757. The molecular weight excluding hydrogens is 262 g/mol. The third-order valence-corrected chi connectivity index (χ3v) is 2.80. The Morgan fingerprint density at radius 2 is 2.27 bits per heavy atom. The quantitative estimate of drug-likeness (QED) is 0.851. The first-order valence-electron chi connectivity index (χ1n) is 4.31. The summed E-state index contributed by atoms with van der Waals surface area (Å²) in [6, 6.07) is 5.02. The summed E-state index contributed by atoms with van der Waals surface area (Å²) in [4.78, 5) is 16.4. The number of hydroxylamine groups is 2. The van der Waals surface area contributed by atoms with Gasteiger partial charge in [-0.3, -0.25) is 9.63 Å². The predicted molar refractivity (Wildman–Crippen MR) is 59.2 cm³/mol. The zero-order valence-electron chi connectivity index (χ0n) is 8.53. The Balaban J connectivity index is 3.01. The minimum absolute atomic E-state index is 0.113. The van der Waals surface area contributed by atoms with Crippen molar-refractivity contribution in [2.45, 2.75) is 6.61 Å². The summed E-state index contributed by atoms with van der Waals surface area (Å²) in [7, 11) is 2.95. The third kappa shape index (κ3) is 2.77. The predicted octanol–water partition coefficient (Wildman–Crippen LogP) is 1.57. The van der Waals surface area contributed by atoms with Crippen LogP contribution in [0.2, 0.25) is 0 Å². The van der Waals surface area contributed by atoms with Crippen LogP contribution in [0.3, 0.4) is 0 Å². The second-order valence-corrected chi connectivity index (χ2v) is 3.80. The maximum atomic E-state index is 11.7. The Morgan fingerprint density at radius 3 is 2.80 bits per heavy atom. The monoisotopic (exact) mass is 273 g/mol. The van der Waals surface area contributed by atoms with Gasteiger partial charge in [-0.05, 0) is 23.8 Å². The fourth-order valence-corrected chi connectivity index (χ4v) is 1.47. The molecule has 0 bridgehead atoms. The van der Waals surface area contributed by atoms with Crippen molar-refractivity contribution in [3.63, 3.8) is 0 Å². The summed E-state index contributed by atoms with van der Waals surface area (Å²) < 4.78 is 0.779. The lowest BCUT2D eigenvalue weighted by atomic mass is 10.1. The van der Waals surface area contributed by atoms with Gasteiger partial charge in [0.05, 0.1) is 13.7 Å². The average molecular weight is 274 g/mol. The lowest BCUT2D eigenvalue weighted by Gasteiger charge is -2.14. The molecule has 1 amide bonds. The van der Waals surface area contributed by atoms with E-state index in [4.69, 9.17) is 9.94 Å². The van der Waals surface area contributed by atoms with Crippen LogP contribution in [-0.4, -0.2) is 30.2 Å². The van der Waals surface area contributed by atoms with Crippen LogP contribution in [0.15, 0.2) is 22.7 Å². The van der Waals surface area contributed by atoms with E-state index in [0.29, 0.717) is 11.1 Å². The number of rotatable bonds is 3. The zero-order chi connectivity index (χ0) is 11.4. The maximum absolute atomic E-state index is 11.7. The van der Waals surface area contributed by atoms with Crippen molar-refractivity contribution in [3.8, 4) is 0 Å². The second kappa shape index (κ2) is 5.25. The Bertz CT molecular complexity index is 368. The van der Waals surface area contributed by atoms with Crippen molar-refractivity contribution in [3.05, 3.63) is 33.8 Å². The number of hydrogen-bond acceptors (Lipinski definition) is 3. The van der Waals surface area contributed by atoms with Gasteiger partial charge in [0.15, 0.2) is 0 Å². The molecule has 0 aromatic heterocycles. The normalized spacial score (nSPS) is 10.1. The molecule has 82 valence electrons. The van der Waals surface area contributed by atoms with Gasteiger partial charge in [-0.2, -0.15) is 0 Å². The van der Waals surface area contributed by atoms with E-state index in [2.05, 4.69) is 15.9 Å². The van der Waals surface area contributed by atoms with Crippen LogP contribution < -0.4 is 0 Å². The molecular formula is C10H12BrNO3. The fourth-order valence-electron chi connectivity index (χ4n) is 1.09. The molecule has 0 aliphatic rings. The molecule has 0 spiro atoms. The zero-order valence-corrected chi connectivity index (χ0v) is 10.1. The highest BCUT2D eigenvalue weighted by molar-refractivity contribution is 9.10. The summed E-state index contributed by atoms with van der Waals surface area (Å²) in [6.07, 6.45) is 0. The summed E-state index contributed by atoms with van der Waals surface area (Å²) in [5.41, 5.74) is 1.15. The number of halogens is 1. The molecule has 0 saturated heterocycles. The van der Waals surface area contributed by atoms with Crippen molar-refractivity contribution < 1.29 is 14.7 Å². The van der Waals surface area contributed by atoms with E-state index >= 15 is 0 Å². The number of aliphatic hydroxyl groups is 1. The summed E-state index contributed by atoms with van der Waals surface area (Å²) in [5.74, 6) is -0.250. The summed E-state index contributed by atoms with van der Waals surface area (Å²) in [5, 5.41) is 10.2. The Labute approximate surface area is 96.5 Å². The number of carbonyl (C=O) groups excluding carboxylic acids is 1. The molecule has 4 nitrogen and oxygen atoms in total. The number of benzene rings is 1. The molecule has 0 aliphatic carbocycles. The lowest BCUT2D eigenvalue weighted by Crippen LogP contribution is -2.25. The molecule has 0 fully saturated rings. The Kier molecular flexibility index (Phi) is 4.26. The van der Waals surface area contributed by atoms with Gasteiger partial charge in [0, 0.05) is 17.1 Å². The van der Waals surface area contributed by atoms with Crippen LogP contribution in [0.1, 0.15) is 15.9 Å².